The number of benzene rings is 1. The van der Waals surface area contributed by atoms with Crippen LogP contribution in [0.2, 0.25) is 0 Å². The van der Waals surface area contributed by atoms with Gasteiger partial charge in [-0.2, -0.15) is 0 Å². The first-order valence-electron chi connectivity index (χ1n) is 10.6. The Morgan fingerprint density at radius 1 is 1.17 bits per heavy atom. The first-order valence-corrected chi connectivity index (χ1v) is 10.6. The van der Waals surface area contributed by atoms with Crippen molar-refractivity contribution in [3.63, 3.8) is 0 Å². The van der Waals surface area contributed by atoms with E-state index in [4.69, 9.17) is 11.1 Å². The lowest BCUT2D eigenvalue weighted by atomic mass is 9.69. The van der Waals surface area contributed by atoms with Gasteiger partial charge in [0.15, 0.2) is 0 Å². The molecule has 8 heteroatoms. The zero-order valence-corrected chi connectivity index (χ0v) is 16.7. The van der Waals surface area contributed by atoms with Gasteiger partial charge in [-0.15, -0.1) is 0 Å². The van der Waals surface area contributed by atoms with Crippen molar-refractivity contribution in [2.75, 3.05) is 37.2 Å². The third kappa shape index (κ3) is 4.22. The van der Waals surface area contributed by atoms with Crippen molar-refractivity contribution in [3.05, 3.63) is 23.8 Å². The average molecular weight is 399 g/mol. The number of hydrogen-bond acceptors (Lipinski definition) is 5. The Bertz CT molecular complexity index is 804. The van der Waals surface area contributed by atoms with E-state index in [1.54, 1.807) is 23.1 Å². The van der Waals surface area contributed by atoms with Gasteiger partial charge in [-0.3, -0.25) is 10.2 Å². The Kier molecular flexibility index (Phi) is 5.71. The molecule has 3 aliphatic rings. The number of nitrogen functional groups attached to an aromatic ring is 1. The predicted molar refractivity (Wildman–Crippen MR) is 113 cm³/mol. The number of amides is 3. The van der Waals surface area contributed by atoms with Crippen molar-refractivity contribution in [1.82, 2.24) is 15.5 Å². The number of carbonyl (C=O) groups is 2. The predicted octanol–water partition coefficient (Wildman–Crippen LogP) is 1.77. The van der Waals surface area contributed by atoms with Crippen LogP contribution in [-0.2, 0) is 4.79 Å². The van der Waals surface area contributed by atoms with Crippen LogP contribution in [0.3, 0.4) is 0 Å². The number of urea groups is 1. The number of nitrogens with zero attached hydrogens (tertiary/aromatic N) is 1. The Morgan fingerprint density at radius 3 is 2.69 bits per heavy atom. The minimum Gasteiger partial charge on any atom is -0.398 e. The smallest absolute Gasteiger partial charge is 0.321 e. The minimum atomic E-state index is -0.418. The van der Waals surface area contributed by atoms with Crippen LogP contribution in [0, 0.1) is 17.2 Å². The Morgan fingerprint density at radius 2 is 1.97 bits per heavy atom. The van der Waals surface area contributed by atoms with Gasteiger partial charge in [0.2, 0.25) is 0 Å². The van der Waals surface area contributed by atoms with Crippen molar-refractivity contribution in [3.8, 4) is 0 Å². The fourth-order valence-electron chi connectivity index (χ4n) is 4.67. The van der Waals surface area contributed by atoms with Crippen LogP contribution < -0.4 is 21.7 Å². The molecule has 8 nitrogen and oxygen atoms in total. The van der Waals surface area contributed by atoms with Crippen LogP contribution in [0.4, 0.5) is 16.2 Å². The summed E-state index contributed by atoms with van der Waals surface area (Å²) in [5, 5.41) is 17.7. The van der Waals surface area contributed by atoms with Crippen LogP contribution in [0.5, 0.6) is 0 Å². The molecule has 2 aliphatic heterocycles. The number of nitrogens with two attached hydrogens (primary N) is 1. The van der Waals surface area contributed by atoms with E-state index >= 15 is 0 Å². The molecule has 3 amide bonds. The van der Waals surface area contributed by atoms with Crippen molar-refractivity contribution in [1.29, 1.82) is 5.41 Å². The molecular formula is C21H30N6O2. The van der Waals surface area contributed by atoms with Gasteiger partial charge in [0.05, 0.1) is 0 Å². The molecular weight excluding hydrogens is 368 g/mol. The van der Waals surface area contributed by atoms with E-state index < -0.39 is 5.91 Å². The van der Waals surface area contributed by atoms with Gasteiger partial charge in [-0.05, 0) is 68.7 Å². The van der Waals surface area contributed by atoms with E-state index in [1.807, 2.05) is 0 Å². The molecule has 3 fully saturated rings. The lowest BCUT2D eigenvalue weighted by molar-refractivity contribution is -0.116. The summed E-state index contributed by atoms with van der Waals surface area (Å²) in [6, 6.07) is 4.83. The summed E-state index contributed by atoms with van der Waals surface area (Å²) in [6.07, 6.45) is 5.54. The summed E-state index contributed by atoms with van der Waals surface area (Å²) in [5.41, 5.74) is 7.11. The molecule has 3 atom stereocenters. The maximum Gasteiger partial charge on any atom is 0.321 e. The highest BCUT2D eigenvalue weighted by atomic mass is 16.2. The van der Waals surface area contributed by atoms with E-state index in [-0.39, 0.29) is 17.8 Å². The van der Waals surface area contributed by atoms with E-state index in [0.717, 1.165) is 51.9 Å². The highest BCUT2D eigenvalue weighted by Crippen LogP contribution is 2.40. The number of rotatable bonds is 4. The maximum absolute atomic E-state index is 12.8. The van der Waals surface area contributed by atoms with Crippen molar-refractivity contribution in [2.24, 2.45) is 11.8 Å². The standard InChI is InChI=1S/C21H30N6O2/c22-17-6-4-14(25-21(29)27-9-1-2-10-27)11-16(17)19(23)20(28)26-18-12-24-8-7-13-3-5-15(13)18/h4,6,11,13,15,18,23-24H,1-3,5,7-10,12,22H2,(H,25,29)(H,26,28)/t13?,15-,18+/m0/s1. The maximum atomic E-state index is 12.8. The van der Waals surface area contributed by atoms with Gasteiger partial charge < -0.3 is 26.6 Å². The highest BCUT2D eigenvalue weighted by molar-refractivity contribution is 6.45. The normalized spacial score (nSPS) is 26.1. The van der Waals surface area contributed by atoms with E-state index in [9.17, 15) is 9.59 Å². The third-order valence-corrected chi connectivity index (χ3v) is 6.56. The van der Waals surface area contributed by atoms with Gasteiger partial charge in [0.25, 0.3) is 5.91 Å². The molecule has 1 aliphatic carbocycles. The van der Waals surface area contributed by atoms with E-state index in [1.165, 1.54) is 6.42 Å². The lowest BCUT2D eigenvalue weighted by Crippen LogP contribution is -2.51. The monoisotopic (exact) mass is 398 g/mol. The number of carbonyl (C=O) groups excluding carboxylic acids is 2. The first-order chi connectivity index (χ1) is 14.0. The highest BCUT2D eigenvalue weighted by Gasteiger charge is 2.39. The molecule has 6 N–H and O–H groups in total. The molecule has 0 radical (unpaired) electrons. The Hall–Kier alpha value is -2.61. The van der Waals surface area contributed by atoms with Gasteiger partial charge in [0.1, 0.15) is 5.71 Å². The Balaban J connectivity index is 1.43. The lowest BCUT2D eigenvalue weighted by Gasteiger charge is -2.40. The summed E-state index contributed by atoms with van der Waals surface area (Å²) in [7, 11) is 0. The van der Waals surface area contributed by atoms with Crippen LogP contribution in [0.1, 0.15) is 37.7 Å². The number of anilines is 2. The first kappa shape index (κ1) is 19.7. The molecule has 1 saturated carbocycles. The molecule has 0 aromatic heterocycles. The fourth-order valence-corrected chi connectivity index (χ4v) is 4.67. The fraction of sp³-hybridized carbons (Fsp3) is 0.571. The number of nitrogens with one attached hydrogen (secondary N) is 4. The van der Waals surface area contributed by atoms with Crippen molar-refractivity contribution >= 4 is 29.0 Å². The van der Waals surface area contributed by atoms with Gasteiger partial charge in [-0.25, -0.2) is 4.79 Å². The summed E-state index contributed by atoms with van der Waals surface area (Å²) >= 11 is 0. The second kappa shape index (κ2) is 8.41. The third-order valence-electron chi connectivity index (χ3n) is 6.56. The number of likely N-dealkylation sites (tertiary alicyclic amines) is 1. The van der Waals surface area contributed by atoms with Crippen LogP contribution >= 0.6 is 0 Å². The molecule has 1 aromatic rings. The summed E-state index contributed by atoms with van der Waals surface area (Å²) < 4.78 is 0. The second-order valence-corrected chi connectivity index (χ2v) is 8.38. The molecule has 4 rings (SSSR count). The molecule has 156 valence electrons. The van der Waals surface area contributed by atoms with Crippen molar-refractivity contribution < 1.29 is 9.59 Å². The zero-order chi connectivity index (χ0) is 20.4. The molecule has 2 saturated heterocycles. The topological polar surface area (TPSA) is 123 Å². The quantitative estimate of drug-likeness (QED) is 0.392. The minimum absolute atomic E-state index is 0.0448. The van der Waals surface area contributed by atoms with Gasteiger partial charge in [0, 0.05) is 42.6 Å². The largest absolute Gasteiger partial charge is 0.398 e. The molecule has 0 bridgehead atoms. The molecule has 1 unspecified atom stereocenters. The average Bonchev–Trinajstić information content (AvgIpc) is 3.18. The summed E-state index contributed by atoms with van der Waals surface area (Å²) in [4.78, 5) is 26.9. The molecule has 29 heavy (non-hydrogen) atoms. The SMILES string of the molecule is N=C(C(=O)N[C@@H]1CNCCC2CC[C@@H]21)c1cc(NC(=O)N2CCCC2)ccc1N. The number of hydrogen-bond donors (Lipinski definition) is 5. The zero-order valence-electron chi connectivity index (χ0n) is 16.7. The molecule has 1 aromatic carbocycles. The van der Waals surface area contributed by atoms with Gasteiger partial charge >= 0.3 is 6.03 Å². The van der Waals surface area contributed by atoms with Crippen LogP contribution in [-0.4, -0.2) is 54.8 Å². The second-order valence-electron chi connectivity index (χ2n) is 8.38. The van der Waals surface area contributed by atoms with Crippen molar-refractivity contribution in [2.45, 2.75) is 38.1 Å². The van der Waals surface area contributed by atoms with Gasteiger partial charge in [-0.1, -0.05) is 0 Å². The summed E-state index contributed by atoms with van der Waals surface area (Å²) in [6.45, 7) is 3.23. The summed E-state index contributed by atoms with van der Waals surface area (Å²) in [5.74, 6) is 0.739. The van der Waals surface area contributed by atoms with E-state index in [0.29, 0.717) is 28.8 Å². The molecule has 0 spiro atoms. The van der Waals surface area contributed by atoms with Crippen LogP contribution in [0.15, 0.2) is 18.2 Å². The molecule has 2 heterocycles. The Labute approximate surface area is 171 Å². The van der Waals surface area contributed by atoms with E-state index in [2.05, 4.69) is 16.0 Å². The number of fused-ring (bicyclic) bond motifs is 1. The van der Waals surface area contributed by atoms with Crippen LogP contribution in [0.25, 0.3) is 0 Å².